The molecule has 0 radical (unpaired) electrons. The molecule has 0 N–H and O–H groups in total. The third kappa shape index (κ3) is 3.05. The van der Waals surface area contributed by atoms with Crippen LogP contribution in [0.25, 0.3) is 5.65 Å². The van der Waals surface area contributed by atoms with Crippen molar-refractivity contribution < 1.29 is 13.2 Å². The van der Waals surface area contributed by atoms with Crippen LogP contribution in [0.1, 0.15) is 11.1 Å². The number of fused-ring (bicyclic) bond motifs is 1. The first-order valence-electron chi connectivity index (χ1n) is 6.23. The van der Waals surface area contributed by atoms with Gasteiger partial charge < -0.3 is 0 Å². The first-order valence-corrected chi connectivity index (χ1v) is 7.60. The molecule has 0 fully saturated rings. The Kier molecular flexibility index (Phi) is 4.01. The molecule has 0 atom stereocenters. The maximum absolute atomic E-state index is 12.9. The van der Waals surface area contributed by atoms with E-state index in [1.807, 2.05) is 30.3 Å². The molecule has 22 heavy (non-hydrogen) atoms. The van der Waals surface area contributed by atoms with Crippen molar-refractivity contribution in [2.75, 3.05) is 0 Å². The number of hydrogen-bond acceptors (Lipinski definition) is 3. The molecular formula is C14H9ClF3N3S. The third-order valence-corrected chi connectivity index (χ3v) is 4.26. The number of halogens is 4. The molecule has 0 aliphatic rings. The van der Waals surface area contributed by atoms with Crippen LogP contribution in [-0.4, -0.2) is 14.6 Å². The van der Waals surface area contributed by atoms with Gasteiger partial charge in [-0.2, -0.15) is 13.2 Å². The molecule has 8 heteroatoms. The zero-order chi connectivity index (χ0) is 15.7. The van der Waals surface area contributed by atoms with E-state index in [0.717, 1.165) is 17.8 Å². The average Bonchev–Trinajstić information content (AvgIpc) is 2.89. The van der Waals surface area contributed by atoms with Gasteiger partial charge in [-0.15, -0.1) is 10.2 Å². The highest BCUT2D eigenvalue weighted by Gasteiger charge is 2.32. The van der Waals surface area contributed by atoms with Gasteiger partial charge in [0.2, 0.25) is 0 Å². The number of pyridine rings is 1. The lowest BCUT2D eigenvalue weighted by Gasteiger charge is -2.08. The summed E-state index contributed by atoms with van der Waals surface area (Å²) < 4.78 is 39.9. The second kappa shape index (κ2) is 5.81. The molecule has 0 bridgehead atoms. The molecule has 2 aromatic heterocycles. The van der Waals surface area contributed by atoms with Gasteiger partial charge in [0.25, 0.3) is 0 Å². The van der Waals surface area contributed by atoms with E-state index in [1.165, 1.54) is 16.2 Å². The Bertz CT molecular complexity index is 802. The predicted molar refractivity (Wildman–Crippen MR) is 79.0 cm³/mol. The summed E-state index contributed by atoms with van der Waals surface area (Å²) in [5.74, 6) is 0.579. The van der Waals surface area contributed by atoms with E-state index in [4.69, 9.17) is 11.6 Å². The Balaban J connectivity index is 1.95. The number of rotatable bonds is 3. The minimum absolute atomic E-state index is 0.0751. The average molecular weight is 344 g/mol. The van der Waals surface area contributed by atoms with Crippen LogP contribution >= 0.6 is 23.4 Å². The maximum Gasteiger partial charge on any atom is 0.417 e. The van der Waals surface area contributed by atoms with Crippen LogP contribution in [0.5, 0.6) is 0 Å². The van der Waals surface area contributed by atoms with Gasteiger partial charge in [0.05, 0.1) is 10.6 Å². The molecule has 0 aliphatic carbocycles. The van der Waals surface area contributed by atoms with E-state index in [1.54, 1.807) is 0 Å². The van der Waals surface area contributed by atoms with Crippen molar-refractivity contribution in [2.45, 2.75) is 17.1 Å². The predicted octanol–water partition coefficient (Wildman–Crippen LogP) is 4.69. The van der Waals surface area contributed by atoms with Crippen molar-refractivity contribution >= 4 is 29.0 Å². The van der Waals surface area contributed by atoms with Crippen molar-refractivity contribution in [3.63, 3.8) is 0 Å². The lowest BCUT2D eigenvalue weighted by atomic mass is 10.2. The summed E-state index contributed by atoms with van der Waals surface area (Å²) in [5.41, 5.74) is 0.430. The van der Waals surface area contributed by atoms with Crippen LogP contribution in [0.2, 0.25) is 5.02 Å². The van der Waals surface area contributed by atoms with Gasteiger partial charge in [-0.25, -0.2) is 0 Å². The number of aromatic nitrogens is 3. The van der Waals surface area contributed by atoms with E-state index in [-0.39, 0.29) is 10.7 Å². The van der Waals surface area contributed by atoms with Crippen molar-refractivity contribution in [1.82, 2.24) is 14.6 Å². The Morgan fingerprint density at radius 2 is 1.86 bits per heavy atom. The normalized spacial score (nSPS) is 12.0. The highest BCUT2D eigenvalue weighted by molar-refractivity contribution is 7.98. The highest BCUT2D eigenvalue weighted by Crippen LogP contribution is 2.33. The lowest BCUT2D eigenvalue weighted by molar-refractivity contribution is -0.137. The van der Waals surface area contributed by atoms with Gasteiger partial charge in [0.1, 0.15) is 0 Å². The van der Waals surface area contributed by atoms with Crippen LogP contribution < -0.4 is 0 Å². The molecule has 0 unspecified atom stereocenters. The monoisotopic (exact) mass is 343 g/mol. The molecule has 3 aromatic rings. The van der Waals surface area contributed by atoms with Crippen molar-refractivity contribution in [2.24, 2.45) is 0 Å². The van der Waals surface area contributed by atoms with Gasteiger partial charge in [-0.3, -0.25) is 4.40 Å². The van der Waals surface area contributed by atoms with E-state index < -0.39 is 11.7 Å². The van der Waals surface area contributed by atoms with Gasteiger partial charge in [0.15, 0.2) is 10.8 Å². The standard InChI is InChI=1S/C14H9ClF3N3S/c15-11-6-10(14(16,17)18)7-21-12(11)19-20-13(21)22-8-9-4-2-1-3-5-9/h1-7H,8H2. The number of hydrogen-bond donors (Lipinski definition) is 0. The molecule has 3 rings (SSSR count). The fourth-order valence-corrected chi connectivity index (χ4v) is 3.02. The molecule has 1 aromatic carbocycles. The topological polar surface area (TPSA) is 30.2 Å². The Hall–Kier alpha value is -1.73. The summed E-state index contributed by atoms with van der Waals surface area (Å²) in [6, 6.07) is 10.4. The van der Waals surface area contributed by atoms with Crippen molar-refractivity contribution in [3.8, 4) is 0 Å². The Morgan fingerprint density at radius 3 is 2.55 bits per heavy atom. The maximum atomic E-state index is 12.9. The molecule has 0 aliphatic heterocycles. The van der Waals surface area contributed by atoms with Gasteiger partial charge in [0, 0.05) is 11.9 Å². The first kappa shape index (κ1) is 15.2. The molecule has 3 nitrogen and oxygen atoms in total. The third-order valence-electron chi connectivity index (χ3n) is 2.97. The Labute approximate surface area is 133 Å². The quantitative estimate of drug-likeness (QED) is 0.646. The van der Waals surface area contributed by atoms with Crippen LogP contribution in [0, 0.1) is 0 Å². The largest absolute Gasteiger partial charge is 0.417 e. The zero-order valence-electron chi connectivity index (χ0n) is 11.0. The number of thioether (sulfide) groups is 1. The zero-order valence-corrected chi connectivity index (χ0v) is 12.6. The van der Waals surface area contributed by atoms with Crippen molar-refractivity contribution in [3.05, 3.63) is 58.7 Å². The molecule has 0 spiro atoms. The number of benzene rings is 1. The summed E-state index contributed by atoms with van der Waals surface area (Å²) in [5, 5.41) is 8.06. The summed E-state index contributed by atoms with van der Waals surface area (Å²) in [6.45, 7) is 0. The first-order chi connectivity index (χ1) is 10.4. The molecule has 0 saturated carbocycles. The van der Waals surface area contributed by atoms with Crippen molar-refractivity contribution in [1.29, 1.82) is 0 Å². The summed E-state index contributed by atoms with van der Waals surface area (Å²) in [7, 11) is 0. The SMILES string of the molecule is FC(F)(F)c1cc(Cl)c2nnc(SCc3ccccc3)n2c1. The highest BCUT2D eigenvalue weighted by atomic mass is 35.5. The van der Waals surface area contributed by atoms with Crippen LogP contribution in [0.15, 0.2) is 47.8 Å². The van der Waals surface area contributed by atoms with Crippen LogP contribution in [0.3, 0.4) is 0 Å². The van der Waals surface area contributed by atoms with Gasteiger partial charge in [-0.1, -0.05) is 53.7 Å². The van der Waals surface area contributed by atoms with E-state index in [2.05, 4.69) is 10.2 Å². The van der Waals surface area contributed by atoms with E-state index in [0.29, 0.717) is 10.9 Å². The van der Waals surface area contributed by atoms with Gasteiger partial charge >= 0.3 is 6.18 Å². The summed E-state index contributed by atoms with van der Waals surface area (Å²) in [6.07, 6.45) is -3.50. The number of alkyl halides is 3. The van der Waals surface area contributed by atoms with Crippen LogP contribution in [-0.2, 0) is 11.9 Å². The molecule has 2 heterocycles. The molecular weight excluding hydrogens is 335 g/mol. The van der Waals surface area contributed by atoms with Crippen LogP contribution in [0.4, 0.5) is 13.2 Å². The second-order valence-electron chi connectivity index (χ2n) is 4.52. The summed E-state index contributed by atoms with van der Waals surface area (Å²) in [4.78, 5) is 0. The smallest absolute Gasteiger partial charge is 0.276 e. The number of nitrogens with zero attached hydrogens (tertiary/aromatic N) is 3. The molecule has 0 amide bonds. The lowest BCUT2D eigenvalue weighted by Crippen LogP contribution is -2.07. The van der Waals surface area contributed by atoms with E-state index in [9.17, 15) is 13.2 Å². The second-order valence-corrected chi connectivity index (χ2v) is 5.87. The molecule has 114 valence electrons. The minimum atomic E-state index is -4.47. The fraction of sp³-hybridized carbons (Fsp3) is 0.143. The fourth-order valence-electron chi connectivity index (χ4n) is 1.91. The molecule has 0 saturated heterocycles. The Morgan fingerprint density at radius 1 is 1.14 bits per heavy atom. The van der Waals surface area contributed by atoms with E-state index >= 15 is 0 Å². The van der Waals surface area contributed by atoms with Gasteiger partial charge in [-0.05, 0) is 11.6 Å². The minimum Gasteiger partial charge on any atom is -0.276 e. The summed E-state index contributed by atoms with van der Waals surface area (Å²) >= 11 is 7.17.